The molecule has 3 aromatic rings. The summed E-state index contributed by atoms with van der Waals surface area (Å²) in [4.78, 5) is 29.0. The molecule has 0 aromatic heterocycles. The van der Waals surface area contributed by atoms with Crippen LogP contribution in [0.3, 0.4) is 0 Å². The summed E-state index contributed by atoms with van der Waals surface area (Å²) in [6.07, 6.45) is 1.56. The highest BCUT2D eigenvalue weighted by Gasteiger charge is 2.24. The van der Waals surface area contributed by atoms with E-state index in [-0.39, 0.29) is 27.9 Å². The molecule has 0 unspecified atom stereocenters. The van der Waals surface area contributed by atoms with Gasteiger partial charge in [0.05, 0.1) is 17.7 Å². The Hall–Kier alpha value is -3.42. The van der Waals surface area contributed by atoms with E-state index in [1.54, 1.807) is 60.7 Å². The molecule has 6 nitrogen and oxygen atoms in total. The molecule has 0 amide bonds. The van der Waals surface area contributed by atoms with E-state index in [9.17, 15) is 9.59 Å². The van der Waals surface area contributed by atoms with Gasteiger partial charge < -0.3 is 14.2 Å². The van der Waals surface area contributed by atoms with E-state index < -0.39 is 11.9 Å². The summed E-state index contributed by atoms with van der Waals surface area (Å²) in [6.45, 7) is 0. The molecule has 32 heavy (non-hydrogen) atoms. The zero-order valence-corrected chi connectivity index (χ0v) is 19.0. The molecule has 0 fully saturated rings. The maximum atomic E-state index is 12.4. The number of carbonyl (C=O) groups excluding carboxylic acids is 2. The van der Waals surface area contributed by atoms with Crippen molar-refractivity contribution in [3.05, 3.63) is 98.6 Å². The highest BCUT2D eigenvalue weighted by Crippen LogP contribution is 2.31. The van der Waals surface area contributed by atoms with Crippen LogP contribution in [0.15, 0.2) is 81.9 Å². The van der Waals surface area contributed by atoms with Crippen LogP contribution in [0.4, 0.5) is 0 Å². The molecule has 1 aliphatic rings. The summed E-state index contributed by atoms with van der Waals surface area (Å²) >= 11 is 9.44. The van der Waals surface area contributed by atoms with Crippen molar-refractivity contribution in [1.29, 1.82) is 0 Å². The van der Waals surface area contributed by atoms with Crippen molar-refractivity contribution in [2.75, 3.05) is 7.11 Å². The lowest BCUT2D eigenvalue weighted by atomic mass is 10.1. The second-order valence-electron chi connectivity index (χ2n) is 6.63. The summed E-state index contributed by atoms with van der Waals surface area (Å²) in [5.74, 6) is -0.426. The van der Waals surface area contributed by atoms with Gasteiger partial charge in [0, 0.05) is 10.0 Å². The molecule has 0 N–H and O–H groups in total. The van der Waals surface area contributed by atoms with E-state index in [4.69, 9.17) is 25.8 Å². The molecular weight excluding hydrogens is 498 g/mol. The number of hydrogen-bond acceptors (Lipinski definition) is 6. The summed E-state index contributed by atoms with van der Waals surface area (Å²) in [7, 11) is 1.45. The first-order chi connectivity index (χ1) is 15.4. The number of rotatable bonds is 5. The maximum absolute atomic E-state index is 12.4. The maximum Gasteiger partial charge on any atom is 0.363 e. The van der Waals surface area contributed by atoms with Crippen molar-refractivity contribution in [3.8, 4) is 11.5 Å². The third-order valence-electron chi connectivity index (χ3n) is 4.48. The fraction of sp³-hybridized carbons (Fsp3) is 0.0417. The highest BCUT2D eigenvalue weighted by molar-refractivity contribution is 9.10. The molecule has 4 rings (SSSR count). The van der Waals surface area contributed by atoms with Gasteiger partial charge in [-0.25, -0.2) is 14.6 Å². The number of halogens is 2. The van der Waals surface area contributed by atoms with Gasteiger partial charge in [0.1, 0.15) is 0 Å². The Balaban J connectivity index is 1.59. The van der Waals surface area contributed by atoms with Crippen molar-refractivity contribution in [1.82, 2.24) is 0 Å². The molecule has 0 saturated carbocycles. The minimum atomic E-state index is -0.609. The first kappa shape index (κ1) is 21.8. The van der Waals surface area contributed by atoms with E-state index in [1.807, 2.05) is 12.1 Å². The summed E-state index contributed by atoms with van der Waals surface area (Å²) < 4.78 is 16.9. The summed E-state index contributed by atoms with van der Waals surface area (Å²) in [5.41, 5.74) is 1.68. The van der Waals surface area contributed by atoms with E-state index in [0.29, 0.717) is 16.9 Å². The largest absolute Gasteiger partial charge is 0.493 e. The Kier molecular flexibility index (Phi) is 6.39. The number of cyclic esters (lactones) is 1. The van der Waals surface area contributed by atoms with Crippen LogP contribution < -0.4 is 9.47 Å². The number of carbonyl (C=O) groups is 2. The minimum absolute atomic E-state index is 0.142. The van der Waals surface area contributed by atoms with Crippen LogP contribution in [0, 0.1) is 0 Å². The van der Waals surface area contributed by atoms with Crippen LogP contribution in [0.1, 0.15) is 21.5 Å². The van der Waals surface area contributed by atoms with Crippen molar-refractivity contribution in [2.24, 2.45) is 4.99 Å². The topological polar surface area (TPSA) is 74.2 Å². The number of aliphatic imine (C=N–C) groups is 1. The number of ether oxygens (including phenoxy) is 3. The van der Waals surface area contributed by atoms with Crippen LogP contribution in [-0.2, 0) is 9.53 Å². The van der Waals surface area contributed by atoms with Gasteiger partial charge in [-0.05, 0) is 54.1 Å². The average Bonchev–Trinajstić information content (AvgIpc) is 3.15. The molecule has 0 aliphatic carbocycles. The molecule has 1 aliphatic heterocycles. The predicted molar refractivity (Wildman–Crippen MR) is 124 cm³/mol. The van der Waals surface area contributed by atoms with Crippen molar-refractivity contribution in [3.63, 3.8) is 0 Å². The Morgan fingerprint density at radius 1 is 1.06 bits per heavy atom. The predicted octanol–water partition coefficient (Wildman–Crippen LogP) is 5.67. The number of benzene rings is 3. The molecule has 0 atom stereocenters. The summed E-state index contributed by atoms with van der Waals surface area (Å²) in [5, 5.41) is 0.289. The number of methoxy groups -OCH3 is 1. The molecule has 0 radical (unpaired) electrons. The van der Waals surface area contributed by atoms with Gasteiger partial charge in [-0.2, -0.15) is 0 Å². The Bertz CT molecular complexity index is 1280. The minimum Gasteiger partial charge on any atom is -0.493 e. The van der Waals surface area contributed by atoms with Gasteiger partial charge in [-0.1, -0.05) is 51.8 Å². The van der Waals surface area contributed by atoms with Gasteiger partial charge in [-0.15, -0.1) is 0 Å². The number of nitrogens with zero attached hydrogens (tertiary/aromatic N) is 1. The van der Waals surface area contributed by atoms with Gasteiger partial charge in [0.25, 0.3) is 0 Å². The average molecular weight is 513 g/mol. The monoisotopic (exact) mass is 511 g/mol. The third kappa shape index (κ3) is 4.74. The van der Waals surface area contributed by atoms with E-state index in [2.05, 4.69) is 20.9 Å². The smallest absolute Gasteiger partial charge is 0.363 e. The molecule has 1 heterocycles. The zero-order valence-electron chi connectivity index (χ0n) is 16.7. The standard InChI is InChI=1S/C24H15BrClNO5/c1-30-21-12-14(9-10-20(21)31-23(28)17-7-2-3-8-18(17)26)11-19-24(29)32-22(27-19)15-5-4-6-16(25)13-15/h2-13H,1H3/b19-11-. The fourth-order valence-corrected chi connectivity index (χ4v) is 3.56. The lowest BCUT2D eigenvalue weighted by Crippen LogP contribution is -2.09. The lowest BCUT2D eigenvalue weighted by molar-refractivity contribution is -0.129. The van der Waals surface area contributed by atoms with Gasteiger partial charge >= 0.3 is 11.9 Å². The van der Waals surface area contributed by atoms with Crippen LogP contribution >= 0.6 is 27.5 Å². The molecule has 0 bridgehead atoms. The molecule has 8 heteroatoms. The highest BCUT2D eigenvalue weighted by atomic mass is 79.9. The fourth-order valence-electron chi connectivity index (χ4n) is 2.95. The van der Waals surface area contributed by atoms with E-state index >= 15 is 0 Å². The van der Waals surface area contributed by atoms with E-state index in [1.165, 1.54) is 7.11 Å². The SMILES string of the molecule is COc1cc(/C=C2\N=C(c3cccc(Br)c3)OC2=O)ccc1OC(=O)c1ccccc1Cl. The second kappa shape index (κ2) is 9.38. The van der Waals surface area contributed by atoms with E-state index in [0.717, 1.165) is 4.47 Å². The Morgan fingerprint density at radius 2 is 1.88 bits per heavy atom. The molecular formula is C24H15BrClNO5. The van der Waals surface area contributed by atoms with Crippen molar-refractivity contribution >= 4 is 51.4 Å². The second-order valence-corrected chi connectivity index (χ2v) is 7.95. The Labute approximate surface area is 197 Å². The molecule has 0 saturated heterocycles. The number of esters is 2. The molecule has 0 spiro atoms. The quantitative estimate of drug-likeness (QED) is 0.250. The number of hydrogen-bond donors (Lipinski definition) is 0. The normalized spacial score (nSPS) is 14.2. The third-order valence-corrected chi connectivity index (χ3v) is 5.30. The lowest BCUT2D eigenvalue weighted by Gasteiger charge is -2.10. The van der Waals surface area contributed by atoms with Crippen molar-refractivity contribution < 1.29 is 23.8 Å². The van der Waals surface area contributed by atoms with Gasteiger partial charge in [-0.3, -0.25) is 0 Å². The Morgan fingerprint density at radius 3 is 2.62 bits per heavy atom. The van der Waals surface area contributed by atoms with Crippen LogP contribution in [0.5, 0.6) is 11.5 Å². The van der Waals surface area contributed by atoms with Crippen molar-refractivity contribution in [2.45, 2.75) is 0 Å². The zero-order chi connectivity index (χ0) is 22.7. The van der Waals surface area contributed by atoms with Crippen LogP contribution in [-0.4, -0.2) is 24.9 Å². The molecule has 3 aromatic carbocycles. The van der Waals surface area contributed by atoms with Gasteiger partial charge in [0.15, 0.2) is 17.2 Å². The first-order valence-electron chi connectivity index (χ1n) is 9.38. The van der Waals surface area contributed by atoms with Crippen LogP contribution in [0.25, 0.3) is 6.08 Å². The van der Waals surface area contributed by atoms with Crippen LogP contribution in [0.2, 0.25) is 5.02 Å². The first-order valence-corrected chi connectivity index (χ1v) is 10.5. The molecule has 160 valence electrons. The summed E-state index contributed by atoms with van der Waals surface area (Å²) in [6, 6.07) is 18.8. The van der Waals surface area contributed by atoms with Gasteiger partial charge in [0.2, 0.25) is 5.90 Å².